The van der Waals surface area contributed by atoms with E-state index in [9.17, 15) is 19.2 Å². The van der Waals surface area contributed by atoms with Gasteiger partial charge in [0, 0.05) is 12.6 Å². The lowest BCUT2D eigenvalue weighted by molar-refractivity contribution is -0.124. The van der Waals surface area contributed by atoms with Crippen LogP contribution < -0.4 is 5.32 Å². The summed E-state index contributed by atoms with van der Waals surface area (Å²) >= 11 is 0. The van der Waals surface area contributed by atoms with Crippen LogP contribution in [0.2, 0.25) is 0 Å². The van der Waals surface area contributed by atoms with Gasteiger partial charge in [0.05, 0.1) is 16.7 Å². The van der Waals surface area contributed by atoms with Gasteiger partial charge in [0.25, 0.3) is 17.7 Å². The number of hydrogen-bond acceptors (Lipinski definition) is 5. The standard InChI is InChI=1S/C21H26N2O5/c1-13(2)9-10-23-19(25)16-8-7-14(11-17(16)20(23)26)21(27)28-12-18(24)22-15-5-3-4-6-15/h7-8,11,13,15H,3-6,9-10,12H2,1-2H3,(H,22,24). The molecule has 0 bridgehead atoms. The fourth-order valence-corrected chi connectivity index (χ4v) is 3.56. The Kier molecular flexibility index (Phi) is 6.11. The molecule has 7 heteroatoms. The highest BCUT2D eigenvalue weighted by Crippen LogP contribution is 2.25. The zero-order valence-corrected chi connectivity index (χ0v) is 16.3. The minimum absolute atomic E-state index is 0.152. The molecule has 1 fully saturated rings. The Morgan fingerprint density at radius 3 is 2.50 bits per heavy atom. The fourth-order valence-electron chi connectivity index (χ4n) is 3.56. The Labute approximate surface area is 164 Å². The summed E-state index contributed by atoms with van der Waals surface area (Å²) in [5.41, 5.74) is 0.655. The minimum atomic E-state index is -0.690. The van der Waals surface area contributed by atoms with E-state index in [1.165, 1.54) is 23.1 Å². The van der Waals surface area contributed by atoms with Crippen LogP contribution in [-0.2, 0) is 9.53 Å². The number of benzene rings is 1. The van der Waals surface area contributed by atoms with Crippen molar-refractivity contribution in [2.24, 2.45) is 5.92 Å². The lowest BCUT2D eigenvalue weighted by Crippen LogP contribution is -2.35. The number of carbonyl (C=O) groups is 4. The van der Waals surface area contributed by atoms with Crippen molar-refractivity contribution in [3.05, 3.63) is 34.9 Å². The van der Waals surface area contributed by atoms with E-state index in [0.29, 0.717) is 18.0 Å². The van der Waals surface area contributed by atoms with E-state index in [1.54, 1.807) is 0 Å². The average Bonchev–Trinajstić information content (AvgIpc) is 3.25. The highest BCUT2D eigenvalue weighted by molar-refractivity contribution is 6.21. The third-order valence-electron chi connectivity index (χ3n) is 5.19. The summed E-state index contributed by atoms with van der Waals surface area (Å²) in [6, 6.07) is 4.46. The van der Waals surface area contributed by atoms with Gasteiger partial charge in [-0.3, -0.25) is 19.3 Å². The van der Waals surface area contributed by atoms with E-state index in [2.05, 4.69) is 5.32 Å². The molecular weight excluding hydrogens is 360 g/mol. The normalized spacial score (nSPS) is 16.6. The Morgan fingerprint density at radius 2 is 1.82 bits per heavy atom. The molecule has 1 N–H and O–H groups in total. The molecule has 1 aliphatic carbocycles. The summed E-state index contributed by atoms with van der Waals surface area (Å²) in [4.78, 5) is 50.3. The van der Waals surface area contributed by atoms with Crippen LogP contribution in [0.25, 0.3) is 0 Å². The van der Waals surface area contributed by atoms with Crippen molar-refractivity contribution in [1.29, 1.82) is 0 Å². The number of fused-ring (bicyclic) bond motifs is 1. The first-order valence-electron chi connectivity index (χ1n) is 9.83. The van der Waals surface area contributed by atoms with Gasteiger partial charge in [0.1, 0.15) is 0 Å². The third-order valence-corrected chi connectivity index (χ3v) is 5.19. The van der Waals surface area contributed by atoms with Gasteiger partial charge < -0.3 is 10.1 Å². The lowest BCUT2D eigenvalue weighted by atomic mass is 10.1. The third kappa shape index (κ3) is 4.40. The highest BCUT2D eigenvalue weighted by atomic mass is 16.5. The van der Waals surface area contributed by atoms with Crippen molar-refractivity contribution in [3.8, 4) is 0 Å². The quantitative estimate of drug-likeness (QED) is 0.574. The van der Waals surface area contributed by atoms with Crippen LogP contribution in [0.5, 0.6) is 0 Å². The molecule has 0 aromatic heterocycles. The van der Waals surface area contributed by atoms with Crippen molar-refractivity contribution < 1.29 is 23.9 Å². The number of rotatable bonds is 7. The summed E-state index contributed by atoms with van der Waals surface area (Å²) in [6.07, 6.45) is 4.82. The van der Waals surface area contributed by atoms with Gasteiger partial charge in [-0.2, -0.15) is 0 Å². The van der Waals surface area contributed by atoms with Crippen molar-refractivity contribution in [1.82, 2.24) is 10.2 Å². The summed E-state index contributed by atoms with van der Waals surface area (Å²) in [7, 11) is 0. The maximum absolute atomic E-state index is 12.5. The Bertz CT molecular complexity index is 796. The zero-order chi connectivity index (χ0) is 20.3. The predicted molar refractivity (Wildman–Crippen MR) is 102 cm³/mol. The number of carbonyl (C=O) groups excluding carboxylic acids is 4. The molecule has 0 atom stereocenters. The maximum Gasteiger partial charge on any atom is 0.338 e. The maximum atomic E-state index is 12.5. The van der Waals surface area contributed by atoms with Crippen LogP contribution in [0.15, 0.2) is 18.2 Å². The second-order valence-electron chi connectivity index (χ2n) is 7.83. The van der Waals surface area contributed by atoms with Gasteiger partial charge in [0.15, 0.2) is 6.61 Å². The highest BCUT2D eigenvalue weighted by Gasteiger charge is 2.35. The first-order chi connectivity index (χ1) is 13.4. The van der Waals surface area contributed by atoms with Gasteiger partial charge in [-0.1, -0.05) is 26.7 Å². The van der Waals surface area contributed by atoms with Gasteiger partial charge in [0.2, 0.25) is 0 Å². The Hall–Kier alpha value is -2.70. The molecule has 7 nitrogen and oxygen atoms in total. The molecular formula is C21H26N2O5. The Balaban J connectivity index is 1.60. The monoisotopic (exact) mass is 386 g/mol. The number of hydrogen-bond donors (Lipinski definition) is 1. The van der Waals surface area contributed by atoms with Crippen LogP contribution in [0.1, 0.15) is 77.0 Å². The average molecular weight is 386 g/mol. The molecule has 3 rings (SSSR count). The number of nitrogens with zero attached hydrogens (tertiary/aromatic N) is 1. The molecule has 1 saturated carbocycles. The van der Waals surface area contributed by atoms with Crippen molar-refractivity contribution >= 4 is 23.7 Å². The molecule has 3 amide bonds. The molecule has 0 unspecified atom stereocenters. The molecule has 1 aliphatic heterocycles. The lowest BCUT2D eigenvalue weighted by Gasteiger charge is -2.14. The van der Waals surface area contributed by atoms with Gasteiger partial charge in [-0.25, -0.2) is 4.79 Å². The molecule has 150 valence electrons. The van der Waals surface area contributed by atoms with E-state index in [-0.39, 0.29) is 35.6 Å². The van der Waals surface area contributed by atoms with E-state index < -0.39 is 11.9 Å². The van der Waals surface area contributed by atoms with Gasteiger partial charge in [-0.15, -0.1) is 0 Å². The second kappa shape index (κ2) is 8.54. The first kappa shape index (κ1) is 20.0. The fraction of sp³-hybridized carbons (Fsp3) is 0.524. The largest absolute Gasteiger partial charge is 0.452 e. The topological polar surface area (TPSA) is 92.8 Å². The number of imide groups is 1. The summed E-state index contributed by atoms with van der Waals surface area (Å²) in [5, 5.41) is 2.85. The van der Waals surface area contributed by atoms with Crippen LogP contribution in [0.3, 0.4) is 0 Å². The summed E-state index contributed by atoms with van der Waals surface area (Å²) in [5.74, 6) is -1.38. The summed E-state index contributed by atoms with van der Waals surface area (Å²) in [6.45, 7) is 4.04. The molecule has 0 radical (unpaired) electrons. The zero-order valence-electron chi connectivity index (χ0n) is 16.3. The predicted octanol–water partition coefficient (Wildman–Crippen LogP) is 2.54. The smallest absolute Gasteiger partial charge is 0.338 e. The van der Waals surface area contributed by atoms with Crippen molar-refractivity contribution in [2.75, 3.05) is 13.2 Å². The van der Waals surface area contributed by atoms with E-state index in [0.717, 1.165) is 32.1 Å². The molecule has 2 aliphatic rings. The van der Waals surface area contributed by atoms with Crippen LogP contribution >= 0.6 is 0 Å². The van der Waals surface area contributed by atoms with E-state index in [4.69, 9.17) is 4.74 Å². The number of ether oxygens (including phenoxy) is 1. The van der Waals surface area contributed by atoms with Crippen LogP contribution in [0.4, 0.5) is 0 Å². The Morgan fingerprint density at radius 1 is 1.14 bits per heavy atom. The first-order valence-corrected chi connectivity index (χ1v) is 9.83. The van der Waals surface area contributed by atoms with Gasteiger partial charge >= 0.3 is 5.97 Å². The molecule has 1 heterocycles. The number of esters is 1. The SMILES string of the molecule is CC(C)CCN1C(=O)c2ccc(C(=O)OCC(=O)NC3CCCC3)cc2C1=O. The van der Waals surface area contributed by atoms with Crippen molar-refractivity contribution in [3.63, 3.8) is 0 Å². The summed E-state index contributed by atoms with van der Waals surface area (Å²) < 4.78 is 5.07. The minimum Gasteiger partial charge on any atom is -0.452 e. The molecule has 0 spiro atoms. The van der Waals surface area contributed by atoms with Crippen molar-refractivity contribution in [2.45, 2.75) is 52.0 Å². The number of nitrogens with one attached hydrogen (secondary N) is 1. The molecule has 1 aromatic carbocycles. The van der Waals surface area contributed by atoms with Crippen LogP contribution in [-0.4, -0.2) is 47.8 Å². The van der Waals surface area contributed by atoms with Gasteiger partial charge in [-0.05, 0) is 43.4 Å². The molecule has 0 saturated heterocycles. The van der Waals surface area contributed by atoms with Crippen LogP contribution in [0, 0.1) is 5.92 Å². The number of amides is 3. The van der Waals surface area contributed by atoms with E-state index >= 15 is 0 Å². The molecule has 28 heavy (non-hydrogen) atoms. The van der Waals surface area contributed by atoms with E-state index in [1.807, 2.05) is 13.8 Å². The second-order valence-corrected chi connectivity index (χ2v) is 7.83. The molecule has 1 aromatic rings.